The van der Waals surface area contributed by atoms with Crippen LogP contribution in [0.15, 0.2) is 0 Å². The third kappa shape index (κ3) is 11.6. The number of alkyl carbamates (subject to hydrolysis) is 1. The molecular formula is C20H35NO7. The molecule has 0 heterocycles. The van der Waals surface area contributed by atoms with Gasteiger partial charge in [-0.3, -0.25) is 9.59 Å². The molecule has 1 amide bonds. The van der Waals surface area contributed by atoms with Crippen LogP contribution in [-0.4, -0.2) is 48.7 Å². The van der Waals surface area contributed by atoms with E-state index in [1.54, 1.807) is 20.8 Å². The van der Waals surface area contributed by atoms with Crippen LogP contribution in [0.3, 0.4) is 0 Å². The number of Topliss-reactive ketones (excluding diaryl/α,β-unsaturated/α-hetero) is 1. The van der Waals surface area contributed by atoms with Gasteiger partial charge < -0.3 is 19.5 Å². The first-order chi connectivity index (χ1) is 12.7. The van der Waals surface area contributed by atoms with E-state index in [4.69, 9.17) is 9.47 Å². The topological polar surface area (TPSA) is 108 Å². The second-order valence-electron chi connectivity index (χ2n) is 8.60. The van der Waals surface area contributed by atoms with Crippen LogP contribution in [0.2, 0.25) is 0 Å². The van der Waals surface area contributed by atoms with Gasteiger partial charge in [0.1, 0.15) is 12.0 Å². The van der Waals surface area contributed by atoms with Gasteiger partial charge in [-0.05, 0) is 45.4 Å². The Hall–Kier alpha value is -2.12. The highest BCUT2D eigenvalue weighted by molar-refractivity contribution is 6.00. The summed E-state index contributed by atoms with van der Waals surface area (Å²) in [5, 5.41) is 2.52. The molecule has 0 aliphatic rings. The van der Waals surface area contributed by atoms with Crippen molar-refractivity contribution < 1.29 is 33.4 Å². The molecule has 2 atom stereocenters. The molecule has 0 radical (unpaired) electrons. The van der Waals surface area contributed by atoms with Crippen LogP contribution in [0.4, 0.5) is 4.79 Å². The summed E-state index contributed by atoms with van der Waals surface area (Å²) in [7, 11) is 1.21. The number of hydrogen-bond donors (Lipinski definition) is 1. The second kappa shape index (κ2) is 11.7. The largest absolute Gasteiger partial charge is 0.466 e. The van der Waals surface area contributed by atoms with Crippen molar-refractivity contribution in [2.24, 2.45) is 11.8 Å². The molecule has 0 spiro atoms. The Kier molecular flexibility index (Phi) is 10.8. The molecule has 28 heavy (non-hydrogen) atoms. The molecule has 0 aliphatic heterocycles. The van der Waals surface area contributed by atoms with Gasteiger partial charge in [0.2, 0.25) is 0 Å². The van der Waals surface area contributed by atoms with Gasteiger partial charge in [0.25, 0.3) is 0 Å². The number of carbonyl (C=O) groups excluding carboxylic acids is 4. The molecule has 2 unspecified atom stereocenters. The van der Waals surface area contributed by atoms with Gasteiger partial charge in [-0.2, -0.15) is 0 Å². The summed E-state index contributed by atoms with van der Waals surface area (Å²) >= 11 is 0. The Balaban J connectivity index is 5.01. The summed E-state index contributed by atoms with van der Waals surface area (Å²) in [6.07, 6.45) is -1.71. The van der Waals surface area contributed by atoms with Gasteiger partial charge in [-0.25, -0.2) is 9.59 Å². The standard InChI is InChI=1S/C20H35NO7/c1-12(2)9-14(21-19(25)28-20(5,6)7)15(22)11-17(23)27-16(10-13(3)4)18(24)26-8/h12-14,16H,9-11H2,1-8H3,(H,21,25). The quantitative estimate of drug-likeness (QED) is 0.340. The van der Waals surface area contributed by atoms with Crippen LogP contribution in [0.5, 0.6) is 0 Å². The molecule has 0 fully saturated rings. The Morgan fingerprint density at radius 1 is 0.929 bits per heavy atom. The van der Waals surface area contributed by atoms with Crippen LogP contribution in [0, 0.1) is 11.8 Å². The fourth-order valence-electron chi connectivity index (χ4n) is 2.41. The number of amides is 1. The number of nitrogens with one attached hydrogen (secondary N) is 1. The molecule has 1 N–H and O–H groups in total. The van der Waals surface area contributed by atoms with Crippen molar-refractivity contribution >= 4 is 23.8 Å². The average molecular weight is 402 g/mol. The summed E-state index contributed by atoms with van der Waals surface area (Å²) in [5.74, 6) is -1.81. The predicted molar refractivity (Wildman–Crippen MR) is 104 cm³/mol. The zero-order chi connectivity index (χ0) is 22.1. The second-order valence-corrected chi connectivity index (χ2v) is 8.60. The maximum absolute atomic E-state index is 12.5. The minimum Gasteiger partial charge on any atom is -0.466 e. The number of esters is 2. The van der Waals surface area contributed by atoms with E-state index < -0.39 is 48.0 Å². The van der Waals surface area contributed by atoms with Crippen LogP contribution >= 0.6 is 0 Å². The minimum atomic E-state index is -1.06. The number of hydrogen-bond acceptors (Lipinski definition) is 7. The summed E-state index contributed by atoms with van der Waals surface area (Å²) in [5.41, 5.74) is -0.709. The summed E-state index contributed by atoms with van der Waals surface area (Å²) in [4.78, 5) is 48.5. The average Bonchev–Trinajstić information content (AvgIpc) is 2.49. The molecule has 0 saturated carbocycles. The number of ketones is 1. The Morgan fingerprint density at radius 2 is 1.46 bits per heavy atom. The monoisotopic (exact) mass is 401 g/mol. The molecule has 0 aromatic rings. The van der Waals surface area contributed by atoms with E-state index >= 15 is 0 Å². The van der Waals surface area contributed by atoms with E-state index in [1.165, 1.54) is 7.11 Å². The van der Waals surface area contributed by atoms with Crippen LogP contribution in [0.1, 0.15) is 67.7 Å². The normalized spacial score (nSPS) is 13.6. The van der Waals surface area contributed by atoms with Crippen molar-refractivity contribution in [1.82, 2.24) is 5.32 Å². The van der Waals surface area contributed by atoms with Crippen molar-refractivity contribution in [3.63, 3.8) is 0 Å². The number of methoxy groups -OCH3 is 1. The molecular weight excluding hydrogens is 366 g/mol. The number of rotatable bonds is 10. The molecule has 0 saturated heterocycles. The highest BCUT2D eigenvalue weighted by Crippen LogP contribution is 2.14. The van der Waals surface area contributed by atoms with Crippen molar-refractivity contribution in [3.05, 3.63) is 0 Å². The molecule has 8 heteroatoms. The van der Waals surface area contributed by atoms with Crippen molar-refractivity contribution in [2.75, 3.05) is 7.11 Å². The van der Waals surface area contributed by atoms with Gasteiger partial charge in [-0.15, -0.1) is 0 Å². The number of carbonyl (C=O) groups is 4. The van der Waals surface area contributed by atoms with Gasteiger partial charge in [0.15, 0.2) is 11.9 Å². The number of ether oxygens (including phenoxy) is 3. The summed E-state index contributed by atoms with van der Waals surface area (Å²) in [6.45, 7) is 12.7. The van der Waals surface area contributed by atoms with Crippen molar-refractivity contribution in [3.8, 4) is 0 Å². The zero-order valence-corrected chi connectivity index (χ0v) is 18.3. The van der Waals surface area contributed by atoms with Gasteiger partial charge in [-0.1, -0.05) is 27.7 Å². The lowest BCUT2D eigenvalue weighted by Crippen LogP contribution is -2.45. The molecule has 0 aliphatic carbocycles. The maximum atomic E-state index is 12.5. The van der Waals surface area contributed by atoms with E-state index in [0.29, 0.717) is 6.42 Å². The highest BCUT2D eigenvalue weighted by Gasteiger charge is 2.30. The van der Waals surface area contributed by atoms with Gasteiger partial charge in [0.05, 0.1) is 13.2 Å². The fraction of sp³-hybridized carbons (Fsp3) is 0.800. The third-order valence-corrected chi connectivity index (χ3v) is 3.53. The molecule has 162 valence electrons. The SMILES string of the molecule is COC(=O)C(CC(C)C)OC(=O)CC(=O)C(CC(C)C)NC(=O)OC(C)(C)C. The van der Waals surface area contributed by atoms with E-state index in [0.717, 1.165) is 0 Å². The lowest BCUT2D eigenvalue weighted by molar-refractivity contribution is -0.167. The first kappa shape index (κ1) is 25.9. The lowest BCUT2D eigenvalue weighted by Gasteiger charge is -2.24. The molecule has 0 aromatic carbocycles. The van der Waals surface area contributed by atoms with E-state index in [9.17, 15) is 19.2 Å². The van der Waals surface area contributed by atoms with Crippen LogP contribution in [0.25, 0.3) is 0 Å². The lowest BCUT2D eigenvalue weighted by atomic mass is 9.98. The molecule has 8 nitrogen and oxygen atoms in total. The maximum Gasteiger partial charge on any atom is 0.408 e. The van der Waals surface area contributed by atoms with Gasteiger partial charge >= 0.3 is 18.0 Å². The van der Waals surface area contributed by atoms with Gasteiger partial charge in [0, 0.05) is 0 Å². The third-order valence-electron chi connectivity index (χ3n) is 3.53. The van der Waals surface area contributed by atoms with Crippen molar-refractivity contribution in [1.29, 1.82) is 0 Å². The molecule has 0 rings (SSSR count). The summed E-state index contributed by atoms with van der Waals surface area (Å²) in [6, 6.07) is -0.885. The van der Waals surface area contributed by atoms with E-state index in [-0.39, 0.29) is 18.3 Å². The van der Waals surface area contributed by atoms with E-state index in [2.05, 4.69) is 10.1 Å². The Bertz CT molecular complexity index is 549. The smallest absolute Gasteiger partial charge is 0.408 e. The highest BCUT2D eigenvalue weighted by atomic mass is 16.6. The minimum absolute atomic E-state index is 0.0927. The Labute approximate surface area is 167 Å². The zero-order valence-electron chi connectivity index (χ0n) is 18.3. The van der Waals surface area contributed by atoms with Crippen LogP contribution < -0.4 is 5.32 Å². The predicted octanol–water partition coefficient (Wildman–Crippen LogP) is 3.02. The Morgan fingerprint density at radius 3 is 1.89 bits per heavy atom. The molecule has 0 aromatic heterocycles. The van der Waals surface area contributed by atoms with Crippen molar-refractivity contribution in [2.45, 2.75) is 85.5 Å². The van der Waals surface area contributed by atoms with Crippen LogP contribution in [-0.2, 0) is 28.6 Å². The first-order valence-corrected chi connectivity index (χ1v) is 9.54. The first-order valence-electron chi connectivity index (χ1n) is 9.54. The fourth-order valence-corrected chi connectivity index (χ4v) is 2.41. The van der Waals surface area contributed by atoms with E-state index in [1.807, 2.05) is 27.7 Å². The molecule has 0 bridgehead atoms. The summed E-state index contributed by atoms with van der Waals surface area (Å²) < 4.78 is 15.0.